The highest BCUT2D eigenvalue weighted by Gasteiger charge is 2.85. The van der Waals surface area contributed by atoms with Gasteiger partial charge in [-0.25, -0.2) is 0 Å². The van der Waals surface area contributed by atoms with Crippen LogP contribution in [0, 0.1) is 11.3 Å². The van der Waals surface area contributed by atoms with E-state index in [2.05, 4.69) is 57.0 Å². The third kappa shape index (κ3) is 3.77. The molecule has 2 saturated heterocycles. The minimum atomic E-state index is -1.42. The van der Waals surface area contributed by atoms with Crippen molar-refractivity contribution in [1.82, 2.24) is 4.98 Å². The lowest BCUT2D eigenvalue weighted by molar-refractivity contribution is -0.301. The Morgan fingerprint density at radius 3 is 2.52 bits per heavy atom. The van der Waals surface area contributed by atoms with E-state index < -0.39 is 52.2 Å². The predicted octanol–water partition coefficient (Wildman–Crippen LogP) is 5.99. The van der Waals surface area contributed by atoms with Gasteiger partial charge in [0.05, 0.1) is 5.60 Å². The van der Waals surface area contributed by atoms with Crippen molar-refractivity contribution in [2.45, 2.75) is 141 Å². The zero-order chi connectivity index (χ0) is 31.6. The number of rotatable bonds is 4. The van der Waals surface area contributed by atoms with Crippen LogP contribution in [0.2, 0.25) is 0 Å². The minimum Gasteiger partial charge on any atom is -0.387 e. The molecule has 1 aromatic carbocycles. The average molecular weight is 604 g/mol. The number of carbonyl (C=O) groups excluding carboxylic acids is 1. The number of nitrogens with one attached hydrogen (secondary N) is 1. The van der Waals surface area contributed by atoms with Crippen LogP contribution in [0.3, 0.4) is 0 Å². The van der Waals surface area contributed by atoms with E-state index in [9.17, 15) is 15.0 Å². The van der Waals surface area contributed by atoms with Crippen LogP contribution in [0.1, 0.15) is 97.9 Å². The predicted molar refractivity (Wildman–Crippen MR) is 169 cm³/mol. The van der Waals surface area contributed by atoms with Crippen molar-refractivity contribution in [3.8, 4) is 0 Å². The summed E-state index contributed by atoms with van der Waals surface area (Å²) in [5.74, 6) is 0.255. The lowest BCUT2D eigenvalue weighted by Crippen LogP contribution is -2.74. The highest BCUT2D eigenvalue weighted by atomic mass is 16.7. The summed E-state index contributed by atoms with van der Waals surface area (Å²) >= 11 is 0. The Morgan fingerprint density at radius 1 is 1.07 bits per heavy atom. The van der Waals surface area contributed by atoms with Crippen LogP contribution in [-0.2, 0) is 37.3 Å². The van der Waals surface area contributed by atoms with Gasteiger partial charge >= 0.3 is 0 Å². The maximum atomic E-state index is 14.0. The van der Waals surface area contributed by atoms with E-state index in [1.807, 2.05) is 33.8 Å². The number of aliphatic hydroxyl groups excluding tert-OH is 1. The molecule has 3 heterocycles. The number of aromatic nitrogens is 1. The Bertz CT molecular complexity index is 1590. The first-order valence-corrected chi connectivity index (χ1v) is 16.5. The van der Waals surface area contributed by atoms with Gasteiger partial charge in [-0.2, -0.15) is 0 Å². The number of carbonyl (C=O) groups is 1. The van der Waals surface area contributed by atoms with E-state index in [4.69, 9.17) is 14.2 Å². The standard InChI is InChI=1S/C37H49NO6/c1-20(2)12-13-22-10-9-11-25-28(22)24-19-23-14-17-36(41)34(7,35(23,8)30(24)38-25)16-15-26(39)37(36)32(44-37)29-31(40)33(5,6)43-27(42-29)18-21(3)4/h9-12,18,23,27,29,31-32,38,40-41H,13-17,19H2,1-8H3/t23-,27-,29+,31+,32+,34+,35+,36-,37-/m0/s1. The molecule has 0 amide bonds. The quantitative estimate of drug-likeness (QED) is 0.293. The molecule has 7 heteroatoms. The molecular formula is C37H49NO6. The van der Waals surface area contributed by atoms with Gasteiger partial charge in [-0.1, -0.05) is 43.2 Å². The molecule has 5 aliphatic rings. The van der Waals surface area contributed by atoms with Gasteiger partial charge in [0, 0.05) is 33.8 Å². The molecule has 7 nitrogen and oxygen atoms in total. The van der Waals surface area contributed by atoms with Crippen molar-refractivity contribution in [2.24, 2.45) is 11.3 Å². The van der Waals surface area contributed by atoms with E-state index in [0.717, 1.165) is 30.4 Å². The molecule has 4 fully saturated rings. The van der Waals surface area contributed by atoms with Gasteiger partial charge in [0.25, 0.3) is 0 Å². The zero-order valence-electron chi connectivity index (χ0n) is 27.5. The number of fused-ring (bicyclic) bond motifs is 8. The Labute approximate surface area is 261 Å². The fourth-order valence-corrected chi connectivity index (χ4v) is 9.86. The van der Waals surface area contributed by atoms with Crippen LogP contribution in [-0.4, -0.2) is 62.4 Å². The number of ether oxygens (including phenoxy) is 3. The molecule has 0 bridgehead atoms. The highest BCUT2D eigenvalue weighted by molar-refractivity contribution is 5.94. The molecule has 2 aromatic rings. The molecule has 0 radical (unpaired) electrons. The maximum Gasteiger partial charge on any atom is 0.184 e. The largest absolute Gasteiger partial charge is 0.387 e. The summed E-state index contributed by atoms with van der Waals surface area (Å²) < 4.78 is 18.9. The van der Waals surface area contributed by atoms with Crippen molar-refractivity contribution in [3.63, 3.8) is 0 Å². The Hall–Kier alpha value is -2.29. The maximum absolute atomic E-state index is 14.0. The Balaban J connectivity index is 1.31. The first kappa shape index (κ1) is 30.4. The van der Waals surface area contributed by atoms with E-state index in [0.29, 0.717) is 25.2 Å². The lowest BCUT2D eigenvalue weighted by Gasteiger charge is -2.64. The van der Waals surface area contributed by atoms with E-state index >= 15 is 0 Å². The highest BCUT2D eigenvalue weighted by Crippen LogP contribution is 2.73. The van der Waals surface area contributed by atoms with Crippen molar-refractivity contribution in [1.29, 1.82) is 0 Å². The van der Waals surface area contributed by atoms with Gasteiger partial charge < -0.3 is 29.4 Å². The van der Waals surface area contributed by atoms with Crippen LogP contribution in [0.5, 0.6) is 0 Å². The first-order valence-electron chi connectivity index (χ1n) is 16.5. The van der Waals surface area contributed by atoms with Gasteiger partial charge in [-0.3, -0.25) is 4.79 Å². The van der Waals surface area contributed by atoms with Crippen LogP contribution in [0.25, 0.3) is 10.9 Å². The molecule has 2 aliphatic heterocycles. The molecule has 1 spiro atoms. The van der Waals surface area contributed by atoms with E-state index in [1.54, 1.807) is 0 Å². The van der Waals surface area contributed by atoms with Gasteiger partial charge in [-0.15, -0.1) is 0 Å². The van der Waals surface area contributed by atoms with Crippen molar-refractivity contribution in [3.05, 3.63) is 58.3 Å². The molecule has 238 valence electrons. The smallest absolute Gasteiger partial charge is 0.184 e. The lowest BCUT2D eigenvalue weighted by atomic mass is 9.41. The summed E-state index contributed by atoms with van der Waals surface area (Å²) in [6.07, 6.45) is 4.88. The Kier molecular flexibility index (Phi) is 6.64. The number of hydrogen-bond donors (Lipinski definition) is 3. The van der Waals surface area contributed by atoms with Gasteiger partial charge in [0.2, 0.25) is 0 Å². The van der Waals surface area contributed by atoms with Crippen LogP contribution >= 0.6 is 0 Å². The van der Waals surface area contributed by atoms with Crippen molar-refractivity contribution >= 4 is 16.7 Å². The van der Waals surface area contributed by atoms with Crippen molar-refractivity contribution < 1.29 is 29.2 Å². The Morgan fingerprint density at radius 2 is 1.82 bits per heavy atom. The number of Topliss-reactive ketones (excluding diaryl/α,β-unsaturated/α-hetero) is 1. The summed E-state index contributed by atoms with van der Waals surface area (Å²) in [6.45, 7) is 16.4. The number of aliphatic hydroxyl groups is 2. The zero-order valence-corrected chi connectivity index (χ0v) is 27.5. The van der Waals surface area contributed by atoms with E-state index in [-0.39, 0.29) is 5.78 Å². The summed E-state index contributed by atoms with van der Waals surface area (Å²) in [4.78, 5) is 17.9. The third-order valence-corrected chi connectivity index (χ3v) is 12.5. The number of epoxide rings is 1. The van der Waals surface area contributed by atoms with Crippen molar-refractivity contribution in [2.75, 3.05) is 0 Å². The molecule has 44 heavy (non-hydrogen) atoms. The summed E-state index contributed by atoms with van der Waals surface area (Å²) in [6, 6.07) is 6.52. The molecule has 9 atom stereocenters. The second kappa shape index (κ2) is 9.62. The summed E-state index contributed by atoms with van der Waals surface area (Å²) in [7, 11) is 0. The molecule has 3 aliphatic carbocycles. The van der Waals surface area contributed by atoms with Crippen LogP contribution in [0.4, 0.5) is 0 Å². The fourth-order valence-electron chi connectivity index (χ4n) is 9.86. The summed E-state index contributed by atoms with van der Waals surface area (Å²) in [5.41, 5.74) is 2.54. The molecular weight excluding hydrogens is 554 g/mol. The second-order valence-corrected chi connectivity index (χ2v) is 15.7. The summed E-state index contributed by atoms with van der Waals surface area (Å²) in [5, 5.41) is 25.9. The van der Waals surface area contributed by atoms with Crippen LogP contribution < -0.4 is 0 Å². The van der Waals surface area contributed by atoms with Gasteiger partial charge in [-0.05, 0) is 103 Å². The fraction of sp³-hybridized carbons (Fsp3) is 0.649. The average Bonchev–Trinajstić information content (AvgIpc) is 3.49. The second-order valence-electron chi connectivity index (χ2n) is 15.7. The SMILES string of the molecule is CC(C)=CCc1cccc2[nH]c3c(c12)C[C@@H]1CC[C@]2(O)[C@](C)(CCC(=O)[C@@]24O[C@@H]4[C@@H]2O[C@H](C=C(C)C)OC(C)(C)[C@@H]2O)[C@@]31C. The molecule has 0 unspecified atom stereocenters. The van der Waals surface area contributed by atoms with Gasteiger partial charge in [0.1, 0.15) is 23.9 Å². The number of benzene rings is 1. The number of aromatic amines is 1. The van der Waals surface area contributed by atoms with Gasteiger partial charge in [0.15, 0.2) is 17.7 Å². The van der Waals surface area contributed by atoms with Crippen LogP contribution in [0.15, 0.2) is 41.5 Å². The minimum absolute atomic E-state index is 0.0812. The number of ketones is 1. The molecule has 1 aromatic heterocycles. The monoisotopic (exact) mass is 603 g/mol. The topological polar surface area (TPSA) is 104 Å². The molecule has 2 saturated carbocycles. The third-order valence-electron chi connectivity index (χ3n) is 12.5. The number of allylic oxidation sites excluding steroid dienone is 3. The first-order chi connectivity index (χ1) is 20.6. The molecule has 3 N–H and O–H groups in total. The number of hydrogen-bond acceptors (Lipinski definition) is 6. The number of H-pyrrole nitrogens is 1. The molecule has 7 rings (SSSR count). The van der Waals surface area contributed by atoms with E-state index in [1.165, 1.54) is 27.8 Å². The normalized spacial score (nSPS) is 42.0.